The van der Waals surface area contributed by atoms with Gasteiger partial charge < -0.3 is 19.3 Å². The fraction of sp³-hybridized carbons (Fsp3) is 0.389. The van der Waals surface area contributed by atoms with Crippen LogP contribution in [-0.2, 0) is 14.3 Å². The largest absolute Gasteiger partial charge is 0.376 e. The van der Waals surface area contributed by atoms with E-state index in [1.165, 1.54) is 12.1 Å². The second kappa shape index (κ2) is 6.97. The molecule has 8 heteroatoms. The number of carbonyl (C=O) groups excluding carboxylic acids is 1. The molecule has 2 aliphatic heterocycles. The Morgan fingerprint density at radius 3 is 2.96 bits per heavy atom. The first-order valence-electron chi connectivity index (χ1n) is 8.44. The number of carbonyl (C=O) groups is 1. The van der Waals surface area contributed by atoms with Crippen LogP contribution in [0.5, 0.6) is 0 Å². The Hall–Kier alpha value is -2.58. The average molecular weight is 358 g/mol. The topological polar surface area (TPSA) is 67.8 Å². The van der Waals surface area contributed by atoms with Crippen molar-refractivity contribution in [3.05, 3.63) is 48.7 Å². The lowest BCUT2D eigenvalue weighted by Gasteiger charge is -2.43. The second-order valence-corrected chi connectivity index (χ2v) is 6.47. The van der Waals surface area contributed by atoms with Gasteiger partial charge in [0.25, 0.3) is 5.91 Å². The maximum atomic E-state index is 13.6. The molecule has 2 aromatic rings. The van der Waals surface area contributed by atoms with E-state index in [2.05, 4.69) is 9.97 Å². The standard InChI is InChI=1S/C18H19FN4O3/c19-14-2-1-3-15(8-14)23-12-18(26-10-17(23)24)11-22(6-7-25-13-18)16-9-20-4-5-21-16/h1-5,8-9H,6-7,10-13H2/t18-/m1/s1. The van der Waals surface area contributed by atoms with Crippen LogP contribution in [0.2, 0.25) is 0 Å². The van der Waals surface area contributed by atoms with Gasteiger partial charge in [-0.25, -0.2) is 9.37 Å². The van der Waals surface area contributed by atoms with E-state index >= 15 is 0 Å². The van der Waals surface area contributed by atoms with Crippen molar-refractivity contribution < 1.29 is 18.7 Å². The molecule has 0 radical (unpaired) electrons. The molecule has 2 aliphatic rings. The summed E-state index contributed by atoms with van der Waals surface area (Å²) in [5.41, 5.74) is -0.193. The van der Waals surface area contributed by atoms with Gasteiger partial charge in [0.2, 0.25) is 0 Å². The first kappa shape index (κ1) is 16.9. The Morgan fingerprint density at radius 1 is 1.23 bits per heavy atom. The van der Waals surface area contributed by atoms with Crippen molar-refractivity contribution in [3.8, 4) is 0 Å². The molecular formula is C18H19FN4O3. The van der Waals surface area contributed by atoms with Gasteiger partial charge in [-0.2, -0.15) is 0 Å². The molecule has 7 nitrogen and oxygen atoms in total. The minimum Gasteiger partial charge on any atom is -0.376 e. The van der Waals surface area contributed by atoms with E-state index in [0.29, 0.717) is 32.0 Å². The highest BCUT2D eigenvalue weighted by Gasteiger charge is 2.43. The smallest absolute Gasteiger partial charge is 0.253 e. The van der Waals surface area contributed by atoms with Crippen molar-refractivity contribution in [1.82, 2.24) is 9.97 Å². The molecule has 4 rings (SSSR count). The predicted octanol–water partition coefficient (Wildman–Crippen LogP) is 1.25. The molecule has 1 atom stereocenters. The molecule has 1 spiro atoms. The lowest BCUT2D eigenvalue weighted by atomic mass is 10.0. The number of aromatic nitrogens is 2. The molecule has 0 aliphatic carbocycles. The minimum atomic E-state index is -0.714. The van der Waals surface area contributed by atoms with Crippen molar-refractivity contribution in [3.63, 3.8) is 0 Å². The summed E-state index contributed by atoms with van der Waals surface area (Å²) in [6.07, 6.45) is 4.95. The Kier molecular flexibility index (Phi) is 4.52. The number of ether oxygens (including phenoxy) is 2. The summed E-state index contributed by atoms with van der Waals surface area (Å²) in [5, 5.41) is 0. The molecule has 2 saturated heterocycles. The molecule has 0 saturated carbocycles. The zero-order chi connectivity index (χ0) is 18.0. The lowest BCUT2D eigenvalue weighted by molar-refractivity contribution is -0.143. The lowest BCUT2D eigenvalue weighted by Crippen LogP contribution is -2.61. The molecule has 3 heterocycles. The quantitative estimate of drug-likeness (QED) is 0.805. The van der Waals surface area contributed by atoms with E-state index in [1.54, 1.807) is 35.6 Å². The van der Waals surface area contributed by atoms with Gasteiger partial charge in [-0.3, -0.25) is 9.78 Å². The molecule has 0 bridgehead atoms. The number of hydrogen-bond acceptors (Lipinski definition) is 6. The van der Waals surface area contributed by atoms with Crippen LogP contribution in [0.1, 0.15) is 0 Å². The summed E-state index contributed by atoms with van der Waals surface area (Å²) in [6, 6.07) is 6.03. The predicted molar refractivity (Wildman–Crippen MR) is 92.5 cm³/mol. The van der Waals surface area contributed by atoms with Crippen LogP contribution in [0.4, 0.5) is 15.9 Å². The van der Waals surface area contributed by atoms with Gasteiger partial charge in [-0.15, -0.1) is 0 Å². The SMILES string of the molecule is O=C1CO[C@@]2(COCCN(c3cnccn3)C2)CN1c1cccc(F)c1. The van der Waals surface area contributed by atoms with Crippen molar-refractivity contribution in [2.45, 2.75) is 5.60 Å². The number of amides is 1. The summed E-state index contributed by atoms with van der Waals surface area (Å²) in [6.45, 7) is 2.24. The summed E-state index contributed by atoms with van der Waals surface area (Å²) >= 11 is 0. The number of rotatable bonds is 2. The van der Waals surface area contributed by atoms with Crippen molar-refractivity contribution in [2.24, 2.45) is 0 Å². The fourth-order valence-electron chi connectivity index (χ4n) is 3.33. The van der Waals surface area contributed by atoms with Gasteiger partial charge in [0.15, 0.2) is 0 Å². The van der Waals surface area contributed by atoms with Crippen molar-refractivity contribution >= 4 is 17.4 Å². The Morgan fingerprint density at radius 2 is 2.15 bits per heavy atom. The highest BCUT2D eigenvalue weighted by molar-refractivity contribution is 5.95. The van der Waals surface area contributed by atoms with Crippen LogP contribution in [0.15, 0.2) is 42.9 Å². The van der Waals surface area contributed by atoms with E-state index < -0.39 is 5.60 Å². The first-order chi connectivity index (χ1) is 12.7. The van der Waals surface area contributed by atoms with Gasteiger partial charge in [0.05, 0.1) is 32.5 Å². The number of benzene rings is 1. The third-order valence-corrected chi connectivity index (χ3v) is 4.59. The average Bonchev–Trinajstić information content (AvgIpc) is 2.87. The van der Waals surface area contributed by atoms with Crippen molar-refractivity contribution in [1.29, 1.82) is 0 Å². The van der Waals surface area contributed by atoms with E-state index in [9.17, 15) is 9.18 Å². The molecule has 0 unspecified atom stereocenters. The number of anilines is 2. The van der Waals surface area contributed by atoms with Crippen LogP contribution < -0.4 is 9.80 Å². The van der Waals surface area contributed by atoms with Crippen LogP contribution >= 0.6 is 0 Å². The van der Waals surface area contributed by atoms with E-state index in [4.69, 9.17) is 9.47 Å². The van der Waals surface area contributed by atoms with E-state index in [0.717, 1.165) is 5.82 Å². The zero-order valence-corrected chi connectivity index (χ0v) is 14.2. The Bertz CT molecular complexity index is 791. The maximum absolute atomic E-state index is 13.6. The van der Waals surface area contributed by atoms with Gasteiger partial charge in [-0.05, 0) is 18.2 Å². The van der Waals surface area contributed by atoms with Crippen LogP contribution in [0.25, 0.3) is 0 Å². The summed E-state index contributed by atoms with van der Waals surface area (Å²) < 4.78 is 25.3. The van der Waals surface area contributed by atoms with E-state index in [1.807, 2.05) is 4.90 Å². The van der Waals surface area contributed by atoms with Crippen LogP contribution in [0, 0.1) is 5.82 Å². The normalized spacial score (nSPS) is 24.0. The minimum absolute atomic E-state index is 0.0752. The molecular weight excluding hydrogens is 339 g/mol. The second-order valence-electron chi connectivity index (χ2n) is 6.47. The molecule has 2 fully saturated rings. The maximum Gasteiger partial charge on any atom is 0.253 e. The highest BCUT2D eigenvalue weighted by Crippen LogP contribution is 2.28. The summed E-state index contributed by atoms with van der Waals surface area (Å²) in [4.78, 5) is 24.4. The molecule has 1 amide bonds. The highest BCUT2D eigenvalue weighted by atomic mass is 19.1. The molecule has 26 heavy (non-hydrogen) atoms. The van der Waals surface area contributed by atoms with Gasteiger partial charge in [0, 0.05) is 24.6 Å². The van der Waals surface area contributed by atoms with Gasteiger partial charge in [0.1, 0.15) is 23.8 Å². The monoisotopic (exact) mass is 358 g/mol. The van der Waals surface area contributed by atoms with Crippen LogP contribution in [-0.4, -0.2) is 60.9 Å². The van der Waals surface area contributed by atoms with Gasteiger partial charge in [-0.1, -0.05) is 6.07 Å². The van der Waals surface area contributed by atoms with Crippen molar-refractivity contribution in [2.75, 3.05) is 49.3 Å². The fourth-order valence-corrected chi connectivity index (χ4v) is 3.33. The molecule has 1 aromatic heterocycles. The number of morpholine rings is 1. The molecule has 136 valence electrons. The van der Waals surface area contributed by atoms with Crippen LogP contribution in [0.3, 0.4) is 0 Å². The van der Waals surface area contributed by atoms with E-state index in [-0.39, 0.29) is 24.9 Å². The van der Waals surface area contributed by atoms with Gasteiger partial charge >= 0.3 is 0 Å². The molecule has 0 N–H and O–H groups in total. The summed E-state index contributed by atoms with van der Waals surface area (Å²) in [7, 11) is 0. The Balaban J connectivity index is 1.61. The first-order valence-corrected chi connectivity index (χ1v) is 8.44. The zero-order valence-electron chi connectivity index (χ0n) is 14.2. The number of hydrogen-bond donors (Lipinski definition) is 0. The molecule has 1 aromatic carbocycles. The third kappa shape index (κ3) is 3.38. The third-order valence-electron chi connectivity index (χ3n) is 4.59. The number of halogens is 1. The Labute approximate surface area is 150 Å². The summed E-state index contributed by atoms with van der Waals surface area (Å²) in [5.74, 6) is 0.154. The number of nitrogens with zero attached hydrogens (tertiary/aromatic N) is 4.